The Balaban J connectivity index is 1.62. The van der Waals surface area contributed by atoms with Gasteiger partial charge in [-0.2, -0.15) is 9.97 Å². The maximum atomic E-state index is 10.8. The number of hydrogen-bond acceptors (Lipinski definition) is 7. The standard InChI is InChI=1S/C28H34BrN3O4/c1-18-16-22-24(25(23(18)29)35-19(2)20-8-5-4-6-9-20)30-27(36-21-10-14-34-15-11-21)31-26(22)32-13-7-12-28(3,33)17-32/h4-6,8-9,16,19,21,33H,7,10-15,17H2,1-3H3. The van der Waals surface area contributed by atoms with E-state index in [2.05, 4.69) is 39.0 Å². The molecule has 0 amide bonds. The number of ether oxygens (including phenoxy) is 3. The first-order valence-electron chi connectivity index (χ1n) is 12.7. The molecule has 2 atom stereocenters. The van der Waals surface area contributed by atoms with Gasteiger partial charge in [0.1, 0.15) is 23.5 Å². The van der Waals surface area contributed by atoms with E-state index in [1.807, 2.05) is 39.0 Å². The summed E-state index contributed by atoms with van der Waals surface area (Å²) in [7, 11) is 0. The molecular weight excluding hydrogens is 522 g/mol. The highest BCUT2D eigenvalue weighted by molar-refractivity contribution is 9.10. The van der Waals surface area contributed by atoms with Crippen LogP contribution in [0.5, 0.6) is 11.8 Å². The molecule has 0 saturated carbocycles. The van der Waals surface area contributed by atoms with Crippen LogP contribution in [-0.4, -0.2) is 53.1 Å². The first kappa shape index (κ1) is 25.2. The van der Waals surface area contributed by atoms with E-state index in [9.17, 15) is 5.11 Å². The van der Waals surface area contributed by atoms with Gasteiger partial charge in [-0.1, -0.05) is 30.3 Å². The molecule has 7 nitrogen and oxygen atoms in total. The van der Waals surface area contributed by atoms with E-state index in [1.165, 1.54) is 0 Å². The number of fused-ring (bicyclic) bond motifs is 1. The first-order chi connectivity index (χ1) is 17.3. The van der Waals surface area contributed by atoms with Crippen molar-refractivity contribution in [3.8, 4) is 11.8 Å². The summed E-state index contributed by atoms with van der Waals surface area (Å²) in [6.45, 7) is 8.64. The summed E-state index contributed by atoms with van der Waals surface area (Å²) in [6.07, 6.45) is 3.10. The molecule has 2 aliphatic heterocycles. The number of rotatable bonds is 6. The predicted octanol–water partition coefficient (Wildman–Crippen LogP) is 5.75. The summed E-state index contributed by atoms with van der Waals surface area (Å²) in [5.74, 6) is 1.44. The molecule has 2 saturated heterocycles. The van der Waals surface area contributed by atoms with Gasteiger partial charge in [0.2, 0.25) is 0 Å². The Kier molecular flexibility index (Phi) is 7.37. The van der Waals surface area contributed by atoms with E-state index in [-0.39, 0.29) is 12.2 Å². The fourth-order valence-electron chi connectivity index (χ4n) is 5.02. The van der Waals surface area contributed by atoms with Crippen LogP contribution in [0.15, 0.2) is 40.9 Å². The summed E-state index contributed by atoms with van der Waals surface area (Å²) in [4.78, 5) is 11.9. The maximum Gasteiger partial charge on any atom is 0.319 e. The number of aryl methyl sites for hydroxylation is 1. The zero-order valence-corrected chi connectivity index (χ0v) is 22.8. The molecule has 0 bridgehead atoms. The maximum absolute atomic E-state index is 10.8. The van der Waals surface area contributed by atoms with Crippen molar-refractivity contribution in [2.75, 3.05) is 31.2 Å². The molecule has 192 valence electrons. The summed E-state index contributed by atoms with van der Waals surface area (Å²) >= 11 is 3.77. The monoisotopic (exact) mass is 555 g/mol. The molecule has 8 heteroatoms. The van der Waals surface area contributed by atoms with Crippen molar-refractivity contribution in [3.05, 3.63) is 52.0 Å². The van der Waals surface area contributed by atoms with Gasteiger partial charge in [0, 0.05) is 31.3 Å². The minimum absolute atomic E-state index is 0.00927. The zero-order valence-electron chi connectivity index (χ0n) is 21.2. The highest BCUT2D eigenvalue weighted by atomic mass is 79.9. The van der Waals surface area contributed by atoms with Crippen LogP contribution < -0.4 is 14.4 Å². The average Bonchev–Trinajstić information content (AvgIpc) is 2.87. The Morgan fingerprint density at radius 2 is 1.94 bits per heavy atom. The molecular formula is C28H34BrN3O4. The van der Waals surface area contributed by atoms with Crippen molar-refractivity contribution in [1.82, 2.24) is 9.97 Å². The normalized spacial score (nSPS) is 22.0. The lowest BCUT2D eigenvalue weighted by atomic mass is 9.95. The topological polar surface area (TPSA) is 76.9 Å². The number of β-amino-alcohol motifs (C(OH)–C–C–N with tert-alkyl or cyclic N) is 1. The number of benzene rings is 2. The highest BCUT2D eigenvalue weighted by Crippen LogP contribution is 2.42. The van der Waals surface area contributed by atoms with E-state index in [1.54, 1.807) is 0 Å². The van der Waals surface area contributed by atoms with Crippen molar-refractivity contribution in [3.63, 3.8) is 0 Å². The van der Waals surface area contributed by atoms with Crippen LogP contribution in [0, 0.1) is 6.92 Å². The smallest absolute Gasteiger partial charge is 0.319 e. The lowest BCUT2D eigenvalue weighted by Gasteiger charge is -2.38. The second-order valence-corrected chi connectivity index (χ2v) is 11.0. The fourth-order valence-corrected chi connectivity index (χ4v) is 5.42. The number of piperidine rings is 1. The van der Waals surface area contributed by atoms with Gasteiger partial charge in [0.15, 0.2) is 5.75 Å². The van der Waals surface area contributed by atoms with Gasteiger partial charge in [-0.25, -0.2) is 0 Å². The summed E-state index contributed by atoms with van der Waals surface area (Å²) in [6, 6.07) is 12.6. The van der Waals surface area contributed by atoms with Crippen LogP contribution in [0.2, 0.25) is 0 Å². The Hall–Kier alpha value is -2.42. The van der Waals surface area contributed by atoms with Gasteiger partial charge >= 0.3 is 6.01 Å². The lowest BCUT2D eigenvalue weighted by Crippen LogP contribution is -2.46. The molecule has 36 heavy (non-hydrogen) atoms. The van der Waals surface area contributed by atoms with Gasteiger partial charge < -0.3 is 24.2 Å². The molecule has 2 unspecified atom stereocenters. The molecule has 0 aliphatic carbocycles. The van der Waals surface area contributed by atoms with Gasteiger partial charge in [0.25, 0.3) is 0 Å². The quantitative estimate of drug-likeness (QED) is 0.415. The SMILES string of the molecule is Cc1cc2c(N3CCCC(C)(O)C3)nc(OC3CCOCC3)nc2c(OC(C)c2ccccc2)c1Br. The predicted molar refractivity (Wildman–Crippen MR) is 144 cm³/mol. The fraction of sp³-hybridized carbons (Fsp3) is 0.500. The number of nitrogens with zero attached hydrogens (tertiary/aromatic N) is 3. The summed E-state index contributed by atoms with van der Waals surface area (Å²) in [5.41, 5.74) is 2.04. The molecule has 2 fully saturated rings. The van der Waals surface area contributed by atoms with E-state index in [4.69, 9.17) is 24.2 Å². The van der Waals surface area contributed by atoms with E-state index >= 15 is 0 Å². The summed E-state index contributed by atoms with van der Waals surface area (Å²) in [5, 5.41) is 11.7. The van der Waals surface area contributed by atoms with E-state index < -0.39 is 5.60 Å². The van der Waals surface area contributed by atoms with Crippen LogP contribution >= 0.6 is 15.9 Å². The minimum Gasteiger partial charge on any atom is -0.483 e. The lowest BCUT2D eigenvalue weighted by molar-refractivity contribution is 0.0217. The summed E-state index contributed by atoms with van der Waals surface area (Å²) < 4.78 is 19.2. The van der Waals surface area contributed by atoms with Gasteiger partial charge in [-0.15, -0.1) is 0 Å². The molecule has 1 aromatic heterocycles. The molecule has 3 aromatic rings. The molecule has 2 aliphatic rings. The van der Waals surface area contributed by atoms with Crippen molar-refractivity contribution in [1.29, 1.82) is 0 Å². The molecule has 5 rings (SSSR count). The highest BCUT2D eigenvalue weighted by Gasteiger charge is 2.32. The molecule has 0 spiro atoms. The second-order valence-electron chi connectivity index (χ2n) is 10.2. The third-order valence-electron chi connectivity index (χ3n) is 7.00. The van der Waals surface area contributed by atoms with Gasteiger partial charge in [0.05, 0.1) is 23.3 Å². The van der Waals surface area contributed by atoms with E-state index in [0.717, 1.165) is 59.0 Å². The number of hydrogen-bond donors (Lipinski definition) is 1. The molecule has 0 radical (unpaired) electrons. The van der Waals surface area contributed by atoms with Gasteiger partial charge in [-0.05, 0) is 66.7 Å². The molecule has 2 aromatic carbocycles. The molecule has 3 heterocycles. The van der Waals surface area contributed by atoms with Crippen LogP contribution in [-0.2, 0) is 4.74 Å². The van der Waals surface area contributed by atoms with Gasteiger partial charge in [-0.3, -0.25) is 0 Å². The van der Waals surface area contributed by atoms with Crippen molar-refractivity contribution >= 4 is 32.7 Å². The van der Waals surface area contributed by atoms with Crippen LogP contribution in [0.4, 0.5) is 5.82 Å². The zero-order chi connectivity index (χ0) is 25.3. The Labute approximate surface area is 220 Å². The Bertz CT molecular complexity index is 1210. The van der Waals surface area contributed by atoms with E-state index in [0.29, 0.717) is 37.0 Å². The number of aliphatic hydroxyl groups is 1. The minimum atomic E-state index is -0.775. The van der Waals surface area contributed by atoms with Crippen LogP contribution in [0.1, 0.15) is 56.8 Å². The number of halogens is 1. The second kappa shape index (κ2) is 10.5. The Morgan fingerprint density at radius 1 is 1.19 bits per heavy atom. The van der Waals surface area contributed by atoms with Crippen molar-refractivity contribution < 1.29 is 19.3 Å². The van der Waals surface area contributed by atoms with Crippen LogP contribution in [0.3, 0.4) is 0 Å². The first-order valence-corrected chi connectivity index (χ1v) is 13.5. The average molecular weight is 557 g/mol. The molecule has 1 N–H and O–H groups in total. The number of anilines is 1. The van der Waals surface area contributed by atoms with Crippen LogP contribution in [0.25, 0.3) is 10.9 Å². The largest absolute Gasteiger partial charge is 0.483 e. The third-order valence-corrected chi connectivity index (χ3v) is 7.99. The van der Waals surface area contributed by atoms with Crippen molar-refractivity contribution in [2.45, 2.75) is 64.3 Å². The Morgan fingerprint density at radius 3 is 2.67 bits per heavy atom. The van der Waals surface area contributed by atoms with Crippen molar-refractivity contribution in [2.24, 2.45) is 0 Å². The third kappa shape index (κ3) is 5.45. The number of aromatic nitrogens is 2.